The fourth-order valence-corrected chi connectivity index (χ4v) is 3.90. The fraction of sp³-hybridized carbons (Fsp3) is 0.357. The average molecular weight is 558 g/mol. The number of halogens is 3. The SMILES string of the molecule is CC(C)(C)OC(=O)N1CC(COc2cc(NC(=O)c3cccnc3NCc3ccncc3)cc(C(F)(F)F)c2)C1. The molecule has 40 heavy (non-hydrogen) atoms. The van der Waals surface area contributed by atoms with Crippen molar-refractivity contribution in [2.75, 3.05) is 30.3 Å². The lowest BCUT2D eigenvalue weighted by Gasteiger charge is -2.39. The van der Waals surface area contributed by atoms with E-state index in [9.17, 15) is 22.8 Å². The van der Waals surface area contributed by atoms with Gasteiger partial charge >= 0.3 is 12.3 Å². The van der Waals surface area contributed by atoms with Crippen molar-refractivity contribution < 1.29 is 32.2 Å². The van der Waals surface area contributed by atoms with Gasteiger partial charge in [-0.05, 0) is 62.7 Å². The van der Waals surface area contributed by atoms with Crippen molar-refractivity contribution in [1.82, 2.24) is 14.9 Å². The summed E-state index contributed by atoms with van der Waals surface area (Å²) in [6.45, 7) is 6.51. The van der Waals surface area contributed by atoms with Crippen LogP contribution in [0.5, 0.6) is 5.75 Å². The molecule has 2 aromatic heterocycles. The van der Waals surface area contributed by atoms with E-state index in [1.54, 1.807) is 51.4 Å². The van der Waals surface area contributed by atoms with Crippen LogP contribution in [0.1, 0.15) is 42.3 Å². The third-order valence-corrected chi connectivity index (χ3v) is 5.85. The molecule has 9 nitrogen and oxygen atoms in total. The predicted octanol–water partition coefficient (Wildman–Crippen LogP) is 5.61. The number of nitrogens with zero attached hydrogens (tertiary/aromatic N) is 3. The second kappa shape index (κ2) is 11.8. The summed E-state index contributed by atoms with van der Waals surface area (Å²) in [5.41, 5.74) is -0.598. The second-order valence-electron chi connectivity index (χ2n) is 10.4. The van der Waals surface area contributed by atoms with Crippen molar-refractivity contribution >= 4 is 23.5 Å². The summed E-state index contributed by atoms with van der Waals surface area (Å²) in [6, 6.07) is 9.75. The molecule has 3 aromatic rings. The third-order valence-electron chi connectivity index (χ3n) is 5.85. The molecule has 0 unspecified atom stereocenters. The lowest BCUT2D eigenvalue weighted by Crippen LogP contribution is -2.53. The van der Waals surface area contributed by atoms with Gasteiger partial charge in [0.05, 0.1) is 17.7 Å². The molecular formula is C28H30F3N5O4. The number of amides is 2. The minimum Gasteiger partial charge on any atom is -0.493 e. The molecule has 3 heterocycles. The molecular weight excluding hydrogens is 527 g/mol. The Kier molecular flexibility index (Phi) is 8.46. The molecule has 1 fully saturated rings. The first-order chi connectivity index (χ1) is 18.9. The van der Waals surface area contributed by atoms with E-state index in [1.165, 1.54) is 23.2 Å². The molecule has 0 bridgehead atoms. The number of nitrogens with one attached hydrogen (secondary N) is 2. The van der Waals surface area contributed by atoms with Gasteiger partial charge < -0.3 is 25.0 Å². The number of carbonyl (C=O) groups is 2. The van der Waals surface area contributed by atoms with Crippen molar-refractivity contribution in [3.05, 3.63) is 77.7 Å². The molecule has 212 valence electrons. The van der Waals surface area contributed by atoms with Crippen molar-refractivity contribution in [1.29, 1.82) is 0 Å². The van der Waals surface area contributed by atoms with Crippen LogP contribution in [0.4, 0.5) is 29.5 Å². The van der Waals surface area contributed by atoms with Gasteiger partial charge in [0.2, 0.25) is 0 Å². The lowest BCUT2D eigenvalue weighted by atomic mass is 10.0. The number of rotatable bonds is 8. The van der Waals surface area contributed by atoms with Gasteiger partial charge in [-0.25, -0.2) is 9.78 Å². The average Bonchev–Trinajstić information content (AvgIpc) is 2.85. The summed E-state index contributed by atoms with van der Waals surface area (Å²) < 4.78 is 51.9. The smallest absolute Gasteiger partial charge is 0.416 e. The van der Waals surface area contributed by atoms with E-state index in [-0.39, 0.29) is 35.3 Å². The molecule has 0 radical (unpaired) electrons. The minimum atomic E-state index is -4.66. The highest BCUT2D eigenvalue weighted by Crippen LogP contribution is 2.35. The van der Waals surface area contributed by atoms with E-state index in [4.69, 9.17) is 9.47 Å². The van der Waals surface area contributed by atoms with E-state index in [0.717, 1.165) is 17.7 Å². The monoisotopic (exact) mass is 557 g/mol. The number of hydrogen-bond acceptors (Lipinski definition) is 7. The second-order valence-corrected chi connectivity index (χ2v) is 10.4. The normalized spacial score (nSPS) is 13.8. The quantitative estimate of drug-likeness (QED) is 0.371. The Morgan fingerprint density at radius 3 is 2.45 bits per heavy atom. The van der Waals surface area contributed by atoms with Gasteiger partial charge in [0.25, 0.3) is 5.91 Å². The first-order valence-electron chi connectivity index (χ1n) is 12.6. The molecule has 0 saturated carbocycles. The van der Waals surface area contributed by atoms with Crippen LogP contribution >= 0.6 is 0 Å². The van der Waals surface area contributed by atoms with Crippen LogP contribution < -0.4 is 15.4 Å². The zero-order valence-corrected chi connectivity index (χ0v) is 22.3. The van der Waals surface area contributed by atoms with Crippen LogP contribution in [0, 0.1) is 5.92 Å². The van der Waals surface area contributed by atoms with E-state index in [1.807, 2.05) is 0 Å². The maximum Gasteiger partial charge on any atom is 0.416 e. The van der Waals surface area contributed by atoms with Crippen LogP contribution in [-0.4, -0.2) is 52.2 Å². The molecule has 4 rings (SSSR count). The van der Waals surface area contributed by atoms with E-state index in [0.29, 0.717) is 19.6 Å². The van der Waals surface area contributed by atoms with Crippen LogP contribution in [-0.2, 0) is 17.5 Å². The Bertz CT molecular complexity index is 1340. The standard InChI is InChI=1S/C28H30F3N5O4/c1-27(2,3)40-26(38)36-15-19(16-36)17-39-22-12-20(28(29,30)31)11-21(13-22)35-25(37)23-5-4-8-33-24(23)34-14-18-6-9-32-10-7-18/h4-13,19H,14-17H2,1-3H3,(H,33,34)(H,35,37). The van der Waals surface area contributed by atoms with E-state index >= 15 is 0 Å². The van der Waals surface area contributed by atoms with Gasteiger partial charge in [0.1, 0.15) is 17.2 Å². The Morgan fingerprint density at radius 1 is 1.05 bits per heavy atom. The van der Waals surface area contributed by atoms with Crippen molar-refractivity contribution in [3.8, 4) is 5.75 Å². The zero-order chi connectivity index (χ0) is 28.9. The molecule has 0 aliphatic carbocycles. The molecule has 1 saturated heterocycles. The number of benzene rings is 1. The van der Waals surface area contributed by atoms with Crippen LogP contribution in [0.25, 0.3) is 0 Å². The van der Waals surface area contributed by atoms with Gasteiger partial charge in [-0.15, -0.1) is 0 Å². The summed E-state index contributed by atoms with van der Waals surface area (Å²) in [5.74, 6) is -0.477. The number of likely N-dealkylation sites (tertiary alicyclic amines) is 1. The van der Waals surface area contributed by atoms with Gasteiger partial charge in [0.15, 0.2) is 0 Å². The topological polar surface area (TPSA) is 106 Å². The molecule has 1 aliphatic rings. The van der Waals surface area contributed by atoms with Gasteiger partial charge in [0, 0.05) is 55.9 Å². The number of ether oxygens (including phenoxy) is 2. The van der Waals surface area contributed by atoms with Crippen LogP contribution in [0.3, 0.4) is 0 Å². The van der Waals surface area contributed by atoms with Gasteiger partial charge in [-0.2, -0.15) is 13.2 Å². The number of pyridine rings is 2. The Balaban J connectivity index is 1.42. The third kappa shape index (κ3) is 7.84. The highest BCUT2D eigenvalue weighted by molar-refractivity contribution is 6.07. The summed E-state index contributed by atoms with van der Waals surface area (Å²) in [7, 11) is 0. The van der Waals surface area contributed by atoms with E-state index < -0.39 is 29.3 Å². The summed E-state index contributed by atoms with van der Waals surface area (Å²) in [5, 5.41) is 5.60. The maximum atomic E-state index is 13.6. The van der Waals surface area contributed by atoms with Crippen LogP contribution in [0.2, 0.25) is 0 Å². The van der Waals surface area contributed by atoms with Crippen molar-refractivity contribution in [3.63, 3.8) is 0 Å². The van der Waals surface area contributed by atoms with Gasteiger partial charge in [-0.3, -0.25) is 9.78 Å². The Hall–Kier alpha value is -4.35. The Morgan fingerprint density at radius 2 is 1.77 bits per heavy atom. The highest BCUT2D eigenvalue weighted by atomic mass is 19.4. The minimum absolute atomic E-state index is 0.0527. The van der Waals surface area contributed by atoms with Crippen molar-refractivity contribution in [2.45, 2.75) is 39.1 Å². The molecule has 12 heteroatoms. The zero-order valence-electron chi connectivity index (χ0n) is 22.3. The number of hydrogen-bond donors (Lipinski definition) is 2. The van der Waals surface area contributed by atoms with Crippen LogP contribution in [0.15, 0.2) is 61.1 Å². The highest BCUT2D eigenvalue weighted by Gasteiger charge is 2.35. The summed E-state index contributed by atoms with van der Waals surface area (Å²) in [4.78, 5) is 34.8. The maximum absolute atomic E-state index is 13.6. The van der Waals surface area contributed by atoms with Gasteiger partial charge in [-0.1, -0.05) is 0 Å². The Labute approximate surface area is 229 Å². The number of aromatic nitrogens is 2. The molecule has 1 aliphatic heterocycles. The first kappa shape index (κ1) is 28.7. The predicted molar refractivity (Wildman–Crippen MR) is 142 cm³/mol. The fourth-order valence-electron chi connectivity index (χ4n) is 3.90. The number of carbonyl (C=O) groups excluding carboxylic acids is 2. The molecule has 1 aromatic carbocycles. The summed E-state index contributed by atoms with van der Waals surface area (Å²) in [6.07, 6.45) is -0.324. The number of anilines is 2. The first-order valence-corrected chi connectivity index (χ1v) is 12.6. The molecule has 2 N–H and O–H groups in total. The van der Waals surface area contributed by atoms with E-state index in [2.05, 4.69) is 20.6 Å². The largest absolute Gasteiger partial charge is 0.493 e. The summed E-state index contributed by atoms with van der Waals surface area (Å²) >= 11 is 0. The number of alkyl halides is 3. The van der Waals surface area contributed by atoms with Crippen molar-refractivity contribution in [2.24, 2.45) is 5.92 Å². The molecule has 0 atom stereocenters. The molecule has 2 amide bonds. The molecule has 0 spiro atoms. The lowest BCUT2D eigenvalue weighted by molar-refractivity contribution is -0.137.